The molecule has 0 atom stereocenters. The van der Waals surface area contributed by atoms with Gasteiger partial charge in [0.15, 0.2) is 11.9 Å². The van der Waals surface area contributed by atoms with Crippen LogP contribution >= 0.6 is 0 Å². The Balaban J connectivity index is 1.80. The van der Waals surface area contributed by atoms with E-state index < -0.39 is 4.92 Å². The van der Waals surface area contributed by atoms with E-state index in [1.807, 2.05) is 17.8 Å². The minimum absolute atomic E-state index is 0.222. The fraction of sp³-hybridized carbons (Fsp3) is 0.133. The highest BCUT2D eigenvalue weighted by molar-refractivity contribution is 5.58. The van der Waals surface area contributed by atoms with Crippen LogP contribution in [0.1, 0.15) is 6.92 Å². The minimum Gasteiger partial charge on any atom is -0.453 e. The highest BCUT2D eigenvalue weighted by Crippen LogP contribution is 2.25. The molecule has 3 rings (SSSR count). The molecule has 8 heteroatoms. The molecule has 0 fully saturated rings. The zero-order valence-electron chi connectivity index (χ0n) is 12.3. The predicted octanol–water partition coefficient (Wildman–Crippen LogP) is 3.06. The van der Waals surface area contributed by atoms with Crippen molar-refractivity contribution in [3.8, 4) is 22.8 Å². The third-order valence-electron chi connectivity index (χ3n) is 3.13. The van der Waals surface area contributed by atoms with Crippen molar-refractivity contribution in [1.82, 2.24) is 19.7 Å². The van der Waals surface area contributed by atoms with Crippen molar-refractivity contribution in [2.24, 2.45) is 0 Å². The van der Waals surface area contributed by atoms with Crippen LogP contribution in [0.25, 0.3) is 11.3 Å². The predicted molar refractivity (Wildman–Crippen MR) is 82.1 cm³/mol. The molecule has 0 aliphatic rings. The van der Waals surface area contributed by atoms with Gasteiger partial charge in [-0.25, -0.2) is 0 Å². The zero-order chi connectivity index (χ0) is 16.2. The Labute approximate surface area is 131 Å². The van der Waals surface area contributed by atoms with Gasteiger partial charge in [-0.05, 0) is 29.0 Å². The minimum atomic E-state index is -0.556. The Hall–Kier alpha value is -3.29. The quantitative estimate of drug-likeness (QED) is 0.530. The summed E-state index contributed by atoms with van der Waals surface area (Å²) < 4.78 is 7.47. The second-order valence-corrected chi connectivity index (χ2v) is 4.67. The lowest BCUT2D eigenvalue weighted by Gasteiger charge is -2.05. The van der Waals surface area contributed by atoms with Crippen LogP contribution in [-0.2, 0) is 6.54 Å². The van der Waals surface area contributed by atoms with Gasteiger partial charge >= 0.3 is 5.82 Å². The summed E-state index contributed by atoms with van der Waals surface area (Å²) in [7, 11) is 0. The number of aromatic nitrogens is 4. The Morgan fingerprint density at radius 1 is 1.22 bits per heavy atom. The van der Waals surface area contributed by atoms with Crippen LogP contribution in [0.4, 0.5) is 5.82 Å². The molecule has 23 heavy (non-hydrogen) atoms. The number of hydrogen-bond donors (Lipinski definition) is 0. The maximum absolute atomic E-state index is 10.6. The molecule has 0 saturated carbocycles. The van der Waals surface area contributed by atoms with Gasteiger partial charge in [-0.2, -0.15) is 5.10 Å². The molecule has 8 nitrogen and oxygen atoms in total. The van der Waals surface area contributed by atoms with E-state index in [1.165, 1.54) is 18.3 Å². The van der Waals surface area contributed by atoms with Crippen LogP contribution in [0.3, 0.4) is 0 Å². The molecule has 0 amide bonds. The van der Waals surface area contributed by atoms with Gasteiger partial charge in [-0.3, -0.25) is 9.67 Å². The lowest BCUT2D eigenvalue weighted by atomic mass is 10.2. The van der Waals surface area contributed by atoms with E-state index in [9.17, 15) is 10.1 Å². The number of ether oxygens (including phenoxy) is 1. The zero-order valence-corrected chi connectivity index (χ0v) is 12.3. The Kier molecular flexibility index (Phi) is 3.96. The molecule has 0 aromatic carbocycles. The molecule has 0 aliphatic carbocycles. The summed E-state index contributed by atoms with van der Waals surface area (Å²) in [5, 5.41) is 14.8. The fourth-order valence-corrected chi connectivity index (χ4v) is 1.98. The summed E-state index contributed by atoms with van der Waals surface area (Å²) in [6.07, 6.45) is 6.59. The van der Waals surface area contributed by atoms with Crippen molar-refractivity contribution in [2.45, 2.75) is 13.5 Å². The van der Waals surface area contributed by atoms with Gasteiger partial charge in [-0.1, -0.05) is 0 Å². The third-order valence-corrected chi connectivity index (χ3v) is 3.13. The van der Waals surface area contributed by atoms with Crippen LogP contribution in [0.5, 0.6) is 11.5 Å². The average molecular weight is 311 g/mol. The van der Waals surface area contributed by atoms with Crippen molar-refractivity contribution in [2.75, 3.05) is 0 Å². The van der Waals surface area contributed by atoms with Gasteiger partial charge in [0.2, 0.25) is 0 Å². The lowest BCUT2D eigenvalue weighted by molar-refractivity contribution is -0.389. The smallest absolute Gasteiger partial charge is 0.363 e. The lowest BCUT2D eigenvalue weighted by Crippen LogP contribution is -1.93. The molecular weight excluding hydrogens is 298 g/mol. The van der Waals surface area contributed by atoms with Gasteiger partial charge in [0.25, 0.3) is 0 Å². The SMILES string of the molecule is CCn1cc(-c2cc(Oc3ccc([N+](=O)[O-])nc3)ccn2)cn1. The van der Waals surface area contributed by atoms with E-state index in [2.05, 4.69) is 15.1 Å². The molecule has 0 bridgehead atoms. The van der Waals surface area contributed by atoms with Crippen molar-refractivity contribution in [3.63, 3.8) is 0 Å². The molecule has 116 valence electrons. The number of aryl methyl sites for hydroxylation is 1. The second kappa shape index (κ2) is 6.22. The number of pyridine rings is 2. The first-order valence-corrected chi connectivity index (χ1v) is 6.93. The Morgan fingerprint density at radius 3 is 2.74 bits per heavy atom. The molecule has 0 unspecified atom stereocenters. The monoisotopic (exact) mass is 311 g/mol. The average Bonchev–Trinajstić information content (AvgIpc) is 3.05. The van der Waals surface area contributed by atoms with Crippen LogP contribution < -0.4 is 4.74 Å². The number of hydrogen-bond acceptors (Lipinski definition) is 6. The summed E-state index contributed by atoms with van der Waals surface area (Å²) in [6.45, 7) is 2.79. The maximum Gasteiger partial charge on any atom is 0.363 e. The first-order chi connectivity index (χ1) is 11.2. The summed E-state index contributed by atoms with van der Waals surface area (Å²) in [5.74, 6) is 0.756. The molecule has 3 aromatic heterocycles. The molecule has 3 heterocycles. The Bertz CT molecular complexity index is 829. The molecule has 0 aliphatic heterocycles. The summed E-state index contributed by atoms with van der Waals surface area (Å²) in [4.78, 5) is 18.0. The second-order valence-electron chi connectivity index (χ2n) is 4.67. The molecule has 0 N–H and O–H groups in total. The van der Waals surface area contributed by atoms with E-state index in [0.717, 1.165) is 17.8 Å². The van der Waals surface area contributed by atoms with E-state index in [0.29, 0.717) is 11.5 Å². The van der Waals surface area contributed by atoms with Gasteiger partial charge in [0.1, 0.15) is 5.75 Å². The molecular formula is C15H13N5O3. The standard InChI is InChI=1S/C15H13N5O3/c1-2-19-10-11(8-18-19)14-7-12(5-6-16-14)23-13-3-4-15(17-9-13)20(21)22/h3-10H,2H2,1H3. The third kappa shape index (κ3) is 3.31. The van der Waals surface area contributed by atoms with Crippen LogP contribution in [0, 0.1) is 10.1 Å². The normalized spacial score (nSPS) is 10.5. The highest BCUT2D eigenvalue weighted by atomic mass is 16.6. The fourth-order valence-electron chi connectivity index (χ4n) is 1.98. The molecule has 3 aromatic rings. The van der Waals surface area contributed by atoms with Crippen LogP contribution in [0.15, 0.2) is 49.1 Å². The van der Waals surface area contributed by atoms with E-state index in [4.69, 9.17) is 4.74 Å². The number of nitro groups is 1. The van der Waals surface area contributed by atoms with Crippen LogP contribution in [-0.4, -0.2) is 24.7 Å². The largest absolute Gasteiger partial charge is 0.453 e. The van der Waals surface area contributed by atoms with Crippen LogP contribution in [0.2, 0.25) is 0 Å². The first-order valence-electron chi connectivity index (χ1n) is 6.93. The van der Waals surface area contributed by atoms with Gasteiger partial charge in [0.05, 0.1) is 11.9 Å². The molecule has 0 spiro atoms. The first kappa shape index (κ1) is 14.6. The van der Waals surface area contributed by atoms with Crippen molar-refractivity contribution < 1.29 is 9.66 Å². The maximum atomic E-state index is 10.6. The topological polar surface area (TPSA) is 96.0 Å². The number of nitrogens with zero attached hydrogens (tertiary/aromatic N) is 5. The van der Waals surface area contributed by atoms with Crippen molar-refractivity contribution in [1.29, 1.82) is 0 Å². The summed E-state index contributed by atoms with van der Waals surface area (Å²) >= 11 is 0. The van der Waals surface area contributed by atoms with E-state index in [1.54, 1.807) is 24.5 Å². The number of rotatable bonds is 5. The Morgan fingerprint density at radius 2 is 2.09 bits per heavy atom. The van der Waals surface area contributed by atoms with Gasteiger partial charge in [-0.15, -0.1) is 0 Å². The highest BCUT2D eigenvalue weighted by Gasteiger charge is 2.09. The van der Waals surface area contributed by atoms with Crippen molar-refractivity contribution in [3.05, 3.63) is 59.2 Å². The van der Waals surface area contributed by atoms with Gasteiger partial charge < -0.3 is 14.9 Å². The summed E-state index contributed by atoms with van der Waals surface area (Å²) in [5.41, 5.74) is 1.62. The van der Waals surface area contributed by atoms with Gasteiger partial charge in [0, 0.05) is 36.6 Å². The van der Waals surface area contributed by atoms with Crippen molar-refractivity contribution >= 4 is 5.82 Å². The molecule has 0 radical (unpaired) electrons. The van der Waals surface area contributed by atoms with E-state index in [-0.39, 0.29) is 5.82 Å². The summed E-state index contributed by atoms with van der Waals surface area (Å²) in [6, 6.07) is 6.27. The molecule has 0 saturated heterocycles. The van der Waals surface area contributed by atoms with E-state index >= 15 is 0 Å².